The molecule has 0 atom stereocenters. The summed E-state index contributed by atoms with van der Waals surface area (Å²) in [5.74, 6) is 0. The number of benzene rings is 1. The lowest BCUT2D eigenvalue weighted by Gasteiger charge is -2.05. The molecule has 102 valence electrons. The number of carbonyl (C=O) groups is 1. The van der Waals surface area contributed by atoms with Crippen LogP contribution in [0.25, 0.3) is 11.3 Å². The van der Waals surface area contributed by atoms with E-state index in [-0.39, 0.29) is 12.3 Å². The van der Waals surface area contributed by atoms with E-state index in [9.17, 15) is 14.9 Å². The number of nitrogens with two attached hydrogens (primary N) is 1. The van der Waals surface area contributed by atoms with E-state index >= 15 is 0 Å². The lowest BCUT2D eigenvalue weighted by molar-refractivity contribution is -0.384. The predicted octanol–water partition coefficient (Wildman–Crippen LogP) is 2.25. The number of pyridine rings is 1. The highest BCUT2D eigenvalue weighted by Gasteiger charge is 2.07. The number of aromatic nitrogens is 1. The van der Waals surface area contributed by atoms with Gasteiger partial charge in [-0.3, -0.25) is 15.1 Å². The lowest BCUT2D eigenvalue weighted by atomic mass is 10.1. The van der Waals surface area contributed by atoms with Crippen LogP contribution in [0.15, 0.2) is 42.6 Å². The van der Waals surface area contributed by atoms with Gasteiger partial charge in [-0.25, -0.2) is 4.79 Å². The van der Waals surface area contributed by atoms with Crippen molar-refractivity contribution in [2.75, 3.05) is 0 Å². The minimum atomic E-state index is -0.848. The summed E-state index contributed by atoms with van der Waals surface area (Å²) >= 11 is 0. The van der Waals surface area contributed by atoms with Crippen LogP contribution in [-0.4, -0.2) is 16.0 Å². The molecule has 2 aromatic rings. The zero-order valence-corrected chi connectivity index (χ0v) is 10.4. The summed E-state index contributed by atoms with van der Waals surface area (Å²) in [6.45, 7) is 0.0534. The van der Waals surface area contributed by atoms with Gasteiger partial charge in [0.15, 0.2) is 0 Å². The van der Waals surface area contributed by atoms with Crippen molar-refractivity contribution in [3.63, 3.8) is 0 Å². The minimum absolute atomic E-state index is 0.0157. The second-order valence-corrected chi connectivity index (χ2v) is 3.96. The van der Waals surface area contributed by atoms with E-state index in [2.05, 4.69) is 4.98 Å². The first-order valence-corrected chi connectivity index (χ1v) is 5.68. The molecule has 20 heavy (non-hydrogen) atoms. The molecule has 2 N–H and O–H groups in total. The van der Waals surface area contributed by atoms with Crippen molar-refractivity contribution in [2.24, 2.45) is 5.73 Å². The van der Waals surface area contributed by atoms with Gasteiger partial charge in [-0.05, 0) is 29.8 Å². The van der Waals surface area contributed by atoms with Crippen LogP contribution in [0.1, 0.15) is 5.56 Å². The van der Waals surface area contributed by atoms with Crippen LogP contribution in [0.4, 0.5) is 10.5 Å². The summed E-state index contributed by atoms with van der Waals surface area (Å²) in [7, 11) is 0. The summed E-state index contributed by atoms with van der Waals surface area (Å²) < 4.78 is 4.69. The zero-order chi connectivity index (χ0) is 14.5. The highest BCUT2D eigenvalue weighted by molar-refractivity contribution is 5.65. The van der Waals surface area contributed by atoms with Gasteiger partial charge < -0.3 is 10.5 Å². The Hall–Kier alpha value is -2.96. The molecule has 0 aliphatic rings. The van der Waals surface area contributed by atoms with E-state index < -0.39 is 11.0 Å². The summed E-state index contributed by atoms with van der Waals surface area (Å²) in [6, 6.07) is 9.45. The quantitative estimate of drug-likeness (QED) is 0.678. The first-order chi connectivity index (χ1) is 9.56. The topological polar surface area (TPSA) is 108 Å². The second kappa shape index (κ2) is 5.79. The predicted molar refractivity (Wildman–Crippen MR) is 70.7 cm³/mol. The van der Waals surface area contributed by atoms with E-state index in [0.717, 1.165) is 11.1 Å². The molecule has 7 heteroatoms. The third-order valence-electron chi connectivity index (χ3n) is 2.58. The van der Waals surface area contributed by atoms with Crippen LogP contribution in [0.2, 0.25) is 0 Å². The molecule has 0 bridgehead atoms. The number of nitrogens with zero attached hydrogens (tertiary/aromatic N) is 2. The molecule has 7 nitrogen and oxygen atoms in total. The van der Waals surface area contributed by atoms with Gasteiger partial charge in [0.2, 0.25) is 0 Å². The number of nitro groups is 1. The number of non-ortho nitro benzene ring substituents is 1. The Morgan fingerprint density at radius 2 is 2.00 bits per heavy atom. The molecule has 0 radical (unpaired) electrons. The SMILES string of the molecule is NC(=O)OCc1ccnc(-c2ccc([N+](=O)[O-])cc2)c1. The zero-order valence-electron chi connectivity index (χ0n) is 10.4. The van der Waals surface area contributed by atoms with Crippen LogP contribution >= 0.6 is 0 Å². The molecule has 0 aliphatic heterocycles. The van der Waals surface area contributed by atoms with E-state index in [0.29, 0.717) is 5.69 Å². The Bertz CT molecular complexity index is 640. The van der Waals surface area contributed by atoms with E-state index in [1.807, 2.05) is 0 Å². The molecule has 0 spiro atoms. The summed E-state index contributed by atoms with van der Waals surface area (Å²) in [5, 5.41) is 10.6. The number of nitro benzene ring substituents is 1. The largest absolute Gasteiger partial charge is 0.445 e. The van der Waals surface area contributed by atoms with Crippen LogP contribution in [0.3, 0.4) is 0 Å². The van der Waals surface area contributed by atoms with Gasteiger partial charge in [0.25, 0.3) is 5.69 Å². The van der Waals surface area contributed by atoms with Gasteiger partial charge in [-0.2, -0.15) is 0 Å². The Morgan fingerprint density at radius 3 is 2.60 bits per heavy atom. The molecule has 2 rings (SSSR count). The van der Waals surface area contributed by atoms with E-state index in [4.69, 9.17) is 10.5 Å². The number of hydrogen-bond acceptors (Lipinski definition) is 5. The number of rotatable bonds is 4. The number of primary amides is 1. The van der Waals surface area contributed by atoms with Crippen molar-refractivity contribution < 1.29 is 14.5 Å². The Kier molecular flexibility index (Phi) is 3.90. The smallest absolute Gasteiger partial charge is 0.404 e. The highest BCUT2D eigenvalue weighted by atomic mass is 16.6. The molecule has 0 fully saturated rings. The fraction of sp³-hybridized carbons (Fsp3) is 0.0769. The molecule has 1 amide bonds. The number of ether oxygens (including phenoxy) is 1. The molecular weight excluding hydrogens is 262 g/mol. The van der Waals surface area contributed by atoms with Gasteiger partial charge in [0.1, 0.15) is 6.61 Å². The van der Waals surface area contributed by atoms with Crippen molar-refractivity contribution in [1.82, 2.24) is 4.98 Å². The Morgan fingerprint density at radius 1 is 1.30 bits per heavy atom. The van der Waals surface area contributed by atoms with Crippen LogP contribution < -0.4 is 5.73 Å². The molecule has 1 aromatic heterocycles. The van der Waals surface area contributed by atoms with Gasteiger partial charge in [-0.15, -0.1) is 0 Å². The van der Waals surface area contributed by atoms with Crippen LogP contribution in [0, 0.1) is 10.1 Å². The molecule has 0 aliphatic carbocycles. The van der Waals surface area contributed by atoms with Crippen LogP contribution in [-0.2, 0) is 11.3 Å². The van der Waals surface area contributed by atoms with Crippen molar-refractivity contribution >= 4 is 11.8 Å². The first kappa shape index (κ1) is 13.5. The summed E-state index contributed by atoms with van der Waals surface area (Å²) in [6.07, 6.45) is 0.717. The van der Waals surface area contributed by atoms with Crippen molar-refractivity contribution in [3.05, 3.63) is 58.3 Å². The van der Waals surface area contributed by atoms with Crippen molar-refractivity contribution in [1.29, 1.82) is 0 Å². The minimum Gasteiger partial charge on any atom is -0.445 e. The Balaban J connectivity index is 2.21. The molecule has 0 saturated carbocycles. The fourth-order valence-electron chi connectivity index (χ4n) is 1.63. The van der Waals surface area contributed by atoms with Crippen LogP contribution in [0.5, 0.6) is 0 Å². The third-order valence-corrected chi connectivity index (χ3v) is 2.58. The fourth-order valence-corrected chi connectivity index (χ4v) is 1.63. The monoisotopic (exact) mass is 273 g/mol. The van der Waals surface area contributed by atoms with Gasteiger partial charge in [0.05, 0.1) is 10.6 Å². The third kappa shape index (κ3) is 3.29. The number of carbonyl (C=O) groups excluding carboxylic acids is 1. The normalized spacial score (nSPS) is 10.0. The Labute approximate surface area is 114 Å². The van der Waals surface area contributed by atoms with Crippen molar-refractivity contribution in [3.8, 4) is 11.3 Å². The average molecular weight is 273 g/mol. The van der Waals surface area contributed by atoms with Gasteiger partial charge in [0, 0.05) is 23.9 Å². The molecule has 0 unspecified atom stereocenters. The summed E-state index contributed by atoms with van der Waals surface area (Å²) in [4.78, 5) is 24.8. The maximum absolute atomic E-state index is 10.6. The first-order valence-electron chi connectivity index (χ1n) is 5.68. The lowest BCUT2D eigenvalue weighted by Crippen LogP contribution is -2.12. The standard InChI is InChI=1S/C13H11N3O4/c14-13(17)20-8-9-5-6-15-12(7-9)10-1-3-11(4-2-10)16(18)19/h1-7H,8H2,(H2,14,17). The number of amides is 1. The highest BCUT2D eigenvalue weighted by Crippen LogP contribution is 2.21. The summed E-state index contributed by atoms with van der Waals surface area (Å²) in [5.41, 5.74) is 7.00. The maximum atomic E-state index is 10.6. The second-order valence-electron chi connectivity index (χ2n) is 3.96. The molecule has 0 saturated heterocycles. The van der Waals surface area contributed by atoms with E-state index in [1.165, 1.54) is 12.1 Å². The number of hydrogen-bond donors (Lipinski definition) is 1. The molecule has 1 heterocycles. The van der Waals surface area contributed by atoms with Gasteiger partial charge in [-0.1, -0.05) is 0 Å². The average Bonchev–Trinajstić information content (AvgIpc) is 2.45. The van der Waals surface area contributed by atoms with E-state index in [1.54, 1.807) is 30.5 Å². The molecular formula is C13H11N3O4. The maximum Gasteiger partial charge on any atom is 0.404 e. The van der Waals surface area contributed by atoms with Crippen molar-refractivity contribution in [2.45, 2.75) is 6.61 Å². The van der Waals surface area contributed by atoms with Gasteiger partial charge >= 0.3 is 6.09 Å². The molecule has 1 aromatic carbocycles.